The lowest BCUT2D eigenvalue weighted by Gasteiger charge is -2.26. The number of aromatic nitrogens is 3. The lowest BCUT2D eigenvalue weighted by Crippen LogP contribution is -2.39. The smallest absolute Gasteiger partial charge is 0.240 e. The van der Waals surface area contributed by atoms with Crippen LogP contribution in [0.5, 0.6) is 0 Å². The number of para-hydroxylation sites is 1. The highest BCUT2D eigenvalue weighted by Gasteiger charge is 2.21. The molecule has 4 aromatic rings. The average molecular weight is 446 g/mol. The van der Waals surface area contributed by atoms with Crippen molar-refractivity contribution in [2.75, 3.05) is 23.5 Å². The molecule has 0 radical (unpaired) electrons. The van der Waals surface area contributed by atoms with Crippen LogP contribution in [0.25, 0.3) is 5.65 Å². The summed E-state index contributed by atoms with van der Waals surface area (Å²) in [6.07, 6.45) is 4.79. The number of nitrogens with zero attached hydrogens (tertiary/aromatic N) is 4. The second kappa shape index (κ2) is 10.8. The molecule has 1 N–H and O–H groups in total. The highest BCUT2D eigenvalue weighted by atomic mass is 32.2. The van der Waals surface area contributed by atoms with Gasteiger partial charge in [0.05, 0.1) is 12.6 Å². The molecule has 6 nitrogen and oxygen atoms in total. The molecule has 32 heavy (non-hydrogen) atoms. The van der Waals surface area contributed by atoms with Crippen molar-refractivity contribution in [1.82, 2.24) is 19.9 Å². The molecule has 164 valence electrons. The van der Waals surface area contributed by atoms with Crippen LogP contribution in [-0.2, 0) is 11.3 Å². The maximum absolute atomic E-state index is 13.2. The van der Waals surface area contributed by atoms with Crippen LogP contribution in [-0.4, -0.2) is 39.1 Å². The van der Waals surface area contributed by atoms with Crippen molar-refractivity contribution in [3.8, 4) is 0 Å². The minimum atomic E-state index is -0.207. The fourth-order valence-corrected chi connectivity index (χ4v) is 4.16. The lowest BCUT2D eigenvalue weighted by atomic mass is 10.2. The Labute approximate surface area is 192 Å². The number of hydrogen-bond acceptors (Lipinski definition) is 5. The Morgan fingerprint density at radius 1 is 1.00 bits per heavy atom. The molecule has 0 bridgehead atoms. The van der Waals surface area contributed by atoms with Gasteiger partial charge in [-0.1, -0.05) is 54.6 Å². The summed E-state index contributed by atoms with van der Waals surface area (Å²) in [6.45, 7) is 0.910. The van der Waals surface area contributed by atoms with E-state index in [1.54, 1.807) is 11.8 Å². The predicted octanol–water partition coefficient (Wildman–Crippen LogP) is 4.35. The first-order valence-electron chi connectivity index (χ1n) is 10.7. The molecule has 0 aliphatic carbocycles. The molecule has 0 aliphatic rings. The third-order valence-electron chi connectivity index (χ3n) is 5.27. The van der Waals surface area contributed by atoms with E-state index in [1.165, 1.54) is 0 Å². The minimum absolute atomic E-state index is 0.0384. The molecule has 0 aliphatic heterocycles. The quantitative estimate of drug-likeness (QED) is 0.393. The summed E-state index contributed by atoms with van der Waals surface area (Å²) in [4.78, 5) is 15.3. The van der Waals surface area contributed by atoms with E-state index in [9.17, 15) is 4.79 Å². The number of fused-ring (bicyclic) bond motifs is 1. The number of rotatable bonds is 10. The van der Waals surface area contributed by atoms with Crippen molar-refractivity contribution in [2.24, 2.45) is 0 Å². The van der Waals surface area contributed by atoms with E-state index in [4.69, 9.17) is 0 Å². The number of thioether (sulfide) groups is 1. The molecule has 1 amide bonds. The van der Waals surface area contributed by atoms with Crippen LogP contribution in [0.2, 0.25) is 0 Å². The third-order valence-corrected chi connectivity index (χ3v) is 5.91. The second-order valence-corrected chi connectivity index (χ2v) is 8.55. The van der Waals surface area contributed by atoms with Gasteiger partial charge in [-0.2, -0.15) is 11.8 Å². The van der Waals surface area contributed by atoms with Gasteiger partial charge in [0, 0.05) is 18.4 Å². The Morgan fingerprint density at radius 3 is 2.47 bits per heavy atom. The summed E-state index contributed by atoms with van der Waals surface area (Å²) in [7, 11) is 0. The number of benzene rings is 2. The van der Waals surface area contributed by atoms with Crippen molar-refractivity contribution in [3.63, 3.8) is 0 Å². The molecule has 2 heterocycles. The number of carbonyl (C=O) groups is 1. The van der Waals surface area contributed by atoms with Gasteiger partial charge >= 0.3 is 0 Å². The average Bonchev–Trinajstić information content (AvgIpc) is 3.27. The van der Waals surface area contributed by atoms with E-state index in [-0.39, 0.29) is 18.5 Å². The number of carbonyl (C=O) groups excluding carboxylic acids is 1. The van der Waals surface area contributed by atoms with Crippen LogP contribution < -0.4 is 10.2 Å². The number of anilines is 1. The van der Waals surface area contributed by atoms with E-state index in [0.29, 0.717) is 6.54 Å². The largest absolute Gasteiger partial charge is 0.358 e. The standard InChI is InChI=1S/C25H27N5OS/c1-32-17-15-22(25-28-27-23-14-8-9-16-30(23)25)26-24(31)19-29(21-12-6-3-7-13-21)18-20-10-4-2-5-11-20/h2-14,16,22H,15,17-19H2,1H3,(H,26,31)/t22-/m1/s1. The van der Waals surface area contributed by atoms with Crippen LogP contribution in [0, 0.1) is 0 Å². The van der Waals surface area contributed by atoms with Crippen LogP contribution in [0.15, 0.2) is 85.1 Å². The topological polar surface area (TPSA) is 62.5 Å². The second-order valence-electron chi connectivity index (χ2n) is 7.57. The Morgan fingerprint density at radius 2 is 1.72 bits per heavy atom. The van der Waals surface area contributed by atoms with Crippen molar-refractivity contribution in [2.45, 2.75) is 19.0 Å². The van der Waals surface area contributed by atoms with Crippen LogP contribution in [0.4, 0.5) is 5.69 Å². The Bertz CT molecular complexity index is 1130. The summed E-state index contributed by atoms with van der Waals surface area (Å²) in [6, 6.07) is 25.8. The fourth-order valence-electron chi connectivity index (χ4n) is 3.69. The summed E-state index contributed by atoms with van der Waals surface area (Å²) in [5, 5.41) is 11.9. The van der Waals surface area contributed by atoms with Gasteiger partial charge in [-0.25, -0.2) is 0 Å². The van der Waals surface area contributed by atoms with Crippen molar-refractivity contribution < 1.29 is 4.79 Å². The van der Waals surface area contributed by atoms with Crippen LogP contribution in [0.1, 0.15) is 23.9 Å². The molecule has 7 heteroatoms. The van der Waals surface area contributed by atoms with Gasteiger partial charge in [-0.15, -0.1) is 10.2 Å². The van der Waals surface area contributed by atoms with Gasteiger partial charge < -0.3 is 10.2 Å². The molecular formula is C25H27N5OS. The molecule has 0 fully saturated rings. The van der Waals surface area contributed by atoms with Gasteiger partial charge in [0.2, 0.25) is 5.91 Å². The molecule has 4 rings (SSSR count). The van der Waals surface area contributed by atoms with Gasteiger partial charge in [-0.3, -0.25) is 9.20 Å². The molecule has 0 saturated heterocycles. The number of nitrogens with one attached hydrogen (secondary N) is 1. The Hall–Kier alpha value is -3.32. The van der Waals surface area contributed by atoms with Crippen molar-refractivity contribution in [1.29, 1.82) is 0 Å². The Kier molecular flexibility index (Phi) is 7.40. The first-order chi connectivity index (χ1) is 15.7. The zero-order valence-corrected chi connectivity index (χ0v) is 18.9. The van der Waals surface area contributed by atoms with Crippen LogP contribution >= 0.6 is 11.8 Å². The normalized spacial score (nSPS) is 11.9. The number of hydrogen-bond donors (Lipinski definition) is 1. The lowest BCUT2D eigenvalue weighted by molar-refractivity contribution is -0.120. The van der Waals surface area contributed by atoms with E-state index < -0.39 is 0 Å². The summed E-state index contributed by atoms with van der Waals surface area (Å²) >= 11 is 1.75. The van der Waals surface area contributed by atoms with Crippen molar-refractivity contribution in [3.05, 3.63) is 96.4 Å². The molecular weight excluding hydrogens is 418 g/mol. The zero-order chi connectivity index (χ0) is 22.2. The van der Waals surface area contributed by atoms with Gasteiger partial charge in [-0.05, 0) is 48.3 Å². The number of amides is 1. The maximum Gasteiger partial charge on any atom is 0.240 e. The first-order valence-corrected chi connectivity index (χ1v) is 12.1. The number of pyridine rings is 1. The summed E-state index contributed by atoms with van der Waals surface area (Å²) in [5.74, 6) is 1.64. The molecule has 0 unspecified atom stereocenters. The first kappa shape index (κ1) is 21.9. The van der Waals surface area contributed by atoms with Crippen LogP contribution in [0.3, 0.4) is 0 Å². The molecule has 2 aromatic heterocycles. The molecule has 1 atom stereocenters. The fraction of sp³-hybridized carbons (Fsp3) is 0.240. The van der Waals surface area contributed by atoms with Gasteiger partial charge in [0.15, 0.2) is 11.5 Å². The molecule has 0 spiro atoms. The third kappa shape index (κ3) is 5.48. The minimum Gasteiger partial charge on any atom is -0.358 e. The predicted molar refractivity (Wildman–Crippen MR) is 131 cm³/mol. The van der Waals surface area contributed by atoms with Gasteiger partial charge in [0.25, 0.3) is 0 Å². The summed E-state index contributed by atoms with van der Waals surface area (Å²) < 4.78 is 1.95. The molecule has 0 saturated carbocycles. The maximum atomic E-state index is 13.2. The highest BCUT2D eigenvalue weighted by molar-refractivity contribution is 7.98. The monoisotopic (exact) mass is 445 g/mol. The van der Waals surface area contributed by atoms with E-state index in [0.717, 1.165) is 34.9 Å². The van der Waals surface area contributed by atoms with Gasteiger partial charge in [0.1, 0.15) is 0 Å². The van der Waals surface area contributed by atoms with Crippen molar-refractivity contribution >= 4 is 29.0 Å². The van der Waals surface area contributed by atoms with E-state index >= 15 is 0 Å². The highest BCUT2D eigenvalue weighted by Crippen LogP contribution is 2.20. The Balaban J connectivity index is 1.53. The molecule has 2 aromatic carbocycles. The summed E-state index contributed by atoms with van der Waals surface area (Å²) in [5.41, 5.74) is 2.95. The van der Waals surface area contributed by atoms with E-state index in [2.05, 4.69) is 38.8 Å². The van der Waals surface area contributed by atoms with E-state index in [1.807, 2.05) is 77.3 Å². The SMILES string of the molecule is CSCC[C@@H](NC(=O)CN(Cc1ccccc1)c1ccccc1)c1nnc2ccccn12. The zero-order valence-electron chi connectivity index (χ0n) is 18.1.